The number of nitrogens with one attached hydrogen (secondary N) is 1. The van der Waals surface area contributed by atoms with E-state index in [-0.39, 0.29) is 11.4 Å². The molecule has 0 aliphatic heterocycles. The van der Waals surface area contributed by atoms with Crippen LogP contribution in [0.15, 0.2) is 25.5 Å². The summed E-state index contributed by atoms with van der Waals surface area (Å²) in [7, 11) is 1.59. The molecule has 0 bridgehead atoms. The smallest absolute Gasteiger partial charge is 0.320 e. The number of halogens is 3. The van der Waals surface area contributed by atoms with Crippen molar-refractivity contribution in [2.45, 2.75) is 12.3 Å². The third-order valence-electron chi connectivity index (χ3n) is 2.26. The van der Waals surface area contributed by atoms with Gasteiger partial charge in [-0.2, -0.15) is 0 Å². The minimum atomic E-state index is -0.328. The second kappa shape index (κ2) is 6.11. The van der Waals surface area contributed by atoms with Crippen molar-refractivity contribution < 1.29 is 9.15 Å². The lowest BCUT2D eigenvalue weighted by molar-refractivity contribution is 0.412. The molecular weight excluding hydrogens is 401 g/mol. The standard InChI is InChI=1S/C11H10Br2ClN3O2/c1-5(14)10-16-17-11(19-10)15-8-4-9(18-2)7(13)3-6(8)12/h3-5H,1-2H3,(H,15,17). The predicted molar refractivity (Wildman–Crippen MR) is 80.2 cm³/mol. The van der Waals surface area contributed by atoms with Crippen LogP contribution in [-0.2, 0) is 0 Å². The Morgan fingerprint density at radius 2 is 2.05 bits per heavy atom. The summed E-state index contributed by atoms with van der Waals surface area (Å²) in [4.78, 5) is 0. The molecule has 0 aliphatic carbocycles. The zero-order chi connectivity index (χ0) is 14.0. The lowest BCUT2D eigenvalue weighted by atomic mass is 10.3. The summed E-state index contributed by atoms with van der Waals surface area (Å²) < 4.78 is 12.3. The van der Waals surface area contributed by atoms with Crippen LogP contribution in [0.3, 0.4) is 0 Å². The molecule has 19 heavy (non-hydrogen) atoms. The Labute approximate surface area is 131 Å². The number of alkyl halides is 1. The monoisotopic (exact) mass is 409 g/mol. The fourth-order valence-corrected chi connectivity index (χ4v) is 2.69. The first kappa shape index (κ1) is 14.6. The summed E-state index contributed by atoms with van der Waals surface area (Å²) in [6.07, 6.45) is 0. The molecule has 0 saturated heterocycles. The normalized spacial score (nSPS) is 12.3. The number of hydrogen-bond donors (Lipinski definition) is 1. The Bertz CT molecular complexity index is 589. The maximum Gasteiger partial charge on any atom is 0.320 e. The molecule has 5 nitrogen and oxygen atoms in total. The van der Waals surface area contributed by atoms with Gasteiger partial charge in [-0.15, -0.1) is 16.7 Å². The van der Waals surface area contributed by atoms with E-state index in [1.807, 2.05) is 12.1 Å². The van der Waals surface area contributed by atoms with Gasteiger partial charge >= 0.3 is 6.01 Å². The highest BCUT2D eigenvalue weighted by Crippen LogP contribution is 2.36. The molecule has 1 atom stereocenters. The molecule has 1 aromatic carbocycles. The lowest BCUT2D eigenvalue weighted by Gasteiger charge is -2.09. The molecule has 0 amide bonds. The third kappa shape index (κ3) is 3.40. The van der Waals surface area contributed by atoms with E-state index in [9.17, 15) is 0 Å². The van der Waals surface area contributed by atoms with Crippen LogP contribution < -0.4 is 10.1 Å². The lowest BCUT2D eigenvalue weighted by Crippen LogP contribution is -1.94. The second-order valence-corrected chi connectivity index (χ2v) is 6.02. The van der Waals surface area contributed by atoms with Gasteiger partial charge in [0.05, 0.1) is 17.3 Å². The second-order valence-electron chi connectivity index (χ2n) is 3.65. The highest BCUT2D eigenvalue weighted by molar-refractivity contribution is 9.11. The molecule has 2 aromatic rings. The first-order valence-corrected chi connectivity index (χ1v) is 7.31. The highest BCUT2D eigenvalue weighted by Gasteiger charge is 2.13. The van der Waals surface area contributed by atoms with Gasteiger partial charge < -0.3 is 14.5 Å². The highest BCUT2D eigenvalue weighted by atomic mass is 79.9. The SMILES string of the molecule is COc1cc(Nc2nnc(C(C)Cl)o2)c(Br)cc1Br. The van der Waals surface area contributed by atoms with Crippen molar-refractivity contribution in [3.63, 3.8) is 0 Å². The van der Waals surface area contributed by atoms with Gasteiger partial charge in [0.1, 0.15) is 11.1 Å². The van der Waals surface area contributed by atoms with Gasteiger partial charge in [0.25, 0.3) is 0 Å². The van der Waals surface area contributed by atoms with Crippen molar-refractivity contribution in [2.75, 3.05) is 12.4 Å². The Morgan fingerprint density at radius 3 is 2.63 bits per heavy atom. The molecule has 0 spiro atoms. The summed E-state index contributed by atoms with van der Waals surface area (Å²) in [6, 6.07) is 3.94. The molecule has 0 aliphatic rings. The summed E-state index contributed by atoms with van der Waals surface area (Å²) >= 11 is 12.7. The van der Waals surface area contributed by atoms with Gasteiger partial charge in [-0.25, -0.2) is 0 Å². The van der Waals surface area contributed by atoms with E-state index in [1.54, 1.807) is 14.0 Å². The number of hydrogen-bond acceptors (Lipinski definition) is 5. The fraction of sp³-hybridized carbons (Fsp3) is 0.273. The van der Waals surface area contributed by atoms with Gasteiger partial charge in [-0.1, -0.05) is 5.10 Å². The first-order chi connectivity index (χ1) is 9.01. The zero-order valence-electron chi connectivity index (χ0n) is 10.1. The van der Waals surface area contributed by atoms with Crippen LogP contribution in [0.4, 0.5) is 11.7 Å². The van der Waals surface area contributed by atoms with Gasteiger partial charge in [-0.3, -0.25) is 0 Å². The summed E-state index contributed by atoms with van der Waals surface area (Å²) in [5.74, 6) is 1.06. The van der Waals surface area contributed by atoms with E-state index in [2.05, 4.69) is 47.4 Å². The topological polar surface area (TPSA) is 60.2 Å². The van der Waals surface area contributed by atoms with E-state index in [0.29, 0.717) is 11.6 Å². The average Bonchev–Trinajstić information content (AvgIpc) is 2.81. The molecule has 102 valence electrons. The summed E-state index contributed by atoms with van der Waals surface area (Å²) in [5, 5.41) is 10.4. The minimum absolute atomic E-state index is 0.271. The molecule has 0 fully saturated rings. The van der Waals surface area contributed by atoms with Crippen molar-refractivity contribution in [1.82, 2.24) is 10.2 Å². The number of ether oxygens (including phenoxy) is 1. The molecule has 1 heterocycles. The van der Waals surface area contributed by atoms with Gasteiger partial charge in [0.15, 0.2) is 0 Å². The molecular formula is C11H10Br2ClN3O2. The summed E-state index contributed by atoms with van der Waals surface area (Å²) in [6.45, 7) is 1.76. The van der Waals surface area contributed by atoms with Crippen molar-refractivity contribution in [3.8, 4) is 5.75 Å². The van der Waals surface area contributed by atoms with E-state index in [4.69, 9.17) is 20.8 Å². The van der Waals surface area contributed by atoms with Crippen molar-refractivity contribution in [1.29, 1.82) is 0 Å². The molecule has 1 unspecified atom stereocenters. The Hall–Kier alpha value is -0.790. The van der Waals surface area contributed by atoms with Gasteiger partial charge in [0.2, 0.25) is 5.89 Å². The first-order valence-electron chi connectivity index (χ1n) is 5.28. The molecule has 1 aromatic heterocycles. The summed E-state index contributed by atoms with van der Waals surface area (Å²) in [5.41, 5.74) is 0.748. The quantitative estimate of drug-likeness (QED) is 0.743. The van der Waals surface area contributed by atoms with E-state index >= 15 is 0 Å². The van der Waals surface area contributed by atoms with E-state index in [0.717, 1.165) is 14.6 Å². The predicted octanol–water partition coefficient (Wildman–Crippen LogP) is 4.65. The number of methoxy groups -OCH3 is 1. The third-order valence-corrected chi connectivity index (χ3v) is 3.73. The van der Waals surface area contributed by atoms with Crippen LogP contribution in [0.2, 0.25) is 0 Å². The number of benzene rings is 1. The van der Waals surface area contributed by atoms with E-state index < -0.39 is 0 Å². The number of aromatic nitrogens is 2. The van der Waals surface area contributed by atoms with Crippen molar-refractivity contribution >= 4 is 55.2 Å². The van der Waals surface area contributed by atoms with Crippen LogP contribution in [0, 0.1) is 0 Å². The van der Waals surface area contributed by atoms with Crippen molar-refractivity contribution in [2.24, 2.45) is 0 Å². The number of anilines is 2. The minimum Gasteiger partial charge on any atom is -0.495 e. The van der Waals surface area contributed by atoms with Crippen LogP contribution >= 0.6 is 43.5 Å². The number of rotatable bonds is 4. The van der Waals surface area contributed by atoms with E-state index in [1.165, 1.54) is 0 Å². The molecule has 8 heteroatoms. The number of nitrogens with zero attached hydrogens (tertiary/aromatic N) is 2. The largest absolute Gasteiger partial charge is 0.495 e. The van der Waals surface area contributed by atoms with Crippen LogP contribution in [0.1, 0.15) is 18.2 Å². The van der Waals surface area contributed by atoms with Crippen molar-refractivity contribution in [3.05, 3.63) is 27.0 Å². The average molecular weight is 411 g/mol. The molecule has 2 rings (SSSR count). The Balaban J connectivity index is 2.27. The van der Waals surface area contributed by atoms with Gasteiger partial charge in [-0.05, 0) is 44.8 Å². The Morgan fingerprint density at radius 1 is 1.32 bits per heavy atom. The van der Waals surface area contributed by atoms with Gasteiger partial charge in [0, 0.05) is 10.5 Å². The molecule has 0 saturated carbocycles. The zero-order valence-corrected chi connectivity index (χ0v) is 14.0. The maximum absolute atomic E-state index is 5.86. The fourth-order valence-electron chi connectivity index (χ4n) is 1.34. The van der Waals surface area contributed by atoms with Crippen LogP contribution in [0.5, 0.6) is 5.75 Å². The van der Waals surface area contributed by atoms with Crippen LogP contribution in [-0.4, -0.2) is 17.3 Å². The Kier molecular flexibility index (Phi) is 4.70. The van der Waals surface area contributed by atoms with Crippen LogP contribution in [0.25, 0.3) is 0 Å². The molecule has 1 N–H and O–H groups in total. The maximum atomic E-state index is 5.86. The molecule has 0 radical (unpaired) electrons.